The SMILES string of the molecule is CCC1CCCN1C(=O)C(C#N)Cc1ccccc1. The van der Waals surface area contributed by atoms with E-state index in [1.807, 2.05) is 35.2 Å². The second-order valence-electron chi connectivity index (χ2n) is 5.11. The van der Waals surface area contributed by atoms with Gasteiger partial charge < -0.3 is 4.90 Å². The number of nitriles is 1. The number of benzene rings is 1. The van der Waals surface area contributed by atoms with Crippen molar-refractivity contribution in [2.24, 2.45) is 5.92 Å². The molecular weight excluding hydrogens is 236 g/mol. The van der Waals surface area contributed by atoms with Crippen molar-refractivity contribution in [3.8, 4) is 6.07 Å². The van der Waals surface area contributed by atoms with Gasteiger partial charge in [0.25, 0.3) is 0 Å². The van der Waals surface area contributed by atoms with Gasteiger partial charge in [-0.1, -0.05) is 37.3 Å². The highest BCUT2D eigenvalue weighted by Gasteiger charge is 2.32. The lowest BCUT2D eigenvalue weighted by molar-refractivity contribution is -0.134. The molecule has 1 amide bonds. The van der Waals surface area contributed by atoms with Crippen molar-refractivity contribution in [1.82, 2.24) is 4.90 Å². The summed E-state index contributed by atoms with van der Waals surface area (Å²) in [4.78, 5) is 14.4. The lowest BCUT2D eigenvalue weighted by atomic mass is 9.99. The summed E-state index contributed by atoms with van der Waals surface area (Å²) in [6, 6.07) is 12.3. The van der Waals surface area contributed by atoms with Gasteiger partial charge in [-0.15, -0.1) is 0 Å². The van der Waals surface area contributed by atoms with Crippen molar-refractivity contribution in [3.63, 3.8) is 0 Å². The molecular formula is C16H20N2O. The number of carbonyl (C=O) groups excluding carboxylic acids is 1. The maximum atomic E-state index is 12.5. The molecule has 0 aromatic heterocycles. The Morgan fingerprint density at radius 2 is 2.21 bits per heavy atom. The summed E-state index contributed by atoms with van der Waals surface area (Å²) in [5, 5.41) is 9.28. The van der Waals surface area contributed by atoms with E-state index < -0.39 is 5.92 Å². The predicted octanol–water partition coefficient (Wildman–Crippen LogP) is 2.77. The van der Waals surface area contributed by atoms with Crippen LogP contribution in [0.5, 0.6) is 0 Å². The zero-order valence-corrected chi connectivity index (χ0v) is 11.4. The first kappa shape index (κ1) is 13.6. The van der Waals surface area contributed by atoms with E-state index in [0.29, 0.717) is 12.5 Å². The minimum atomic E-state index is -0.547. The molecule has 0 bridgehead atoms. The van der Waals surface area contributed by atoms with Gasteiger partial charge in [0.05, 0.1) is 6.07 Å². The van der Waals surface area contributed by atoms with E-state index in [-0.39, 0.29) is 5.91 Å². The van der Waals surface area contributed by atoms with Gasteiger partial charge in [0.2, 0.25) is 5.91 Å². The third-order valence-electron chi connectivity index (χ3n) is 3.87. The maximum Gasteiger partial charge on any atom is 0.240 e. The van der Waals surface area contributed by atoms with Crippen LogP contribution in [-0.2, 0) is 11.2 Å². The Kier molecular flexibility index (Phi) is 4.57. The molecule has 3 nitrogen and oxygen atoms in total. The van der Waals surface area contributed by atoms with E-state index in [9.17, 15) is 10.1 Å². The van der Waals surface area contributed by atoms with Crippen LogP contribution in [0.3, 0.4) is 0 Å². The Bertz CT molecular complexity index is 463. The largest absolute Gasteiger partial charge is 0.339 e. The van der Waals surface area contributed by atoms with Gasteiger partial charge in [0.15, 0.2) is 0 Å². The third kappa shape index (κ3) is 3.14. The zero-order chi connectivity index (χ0) is 13.7. The lowest BCUT2D eigenvalue weighted by Gasteiger charge is -2.25. The molecule has 3 heteroatoms. The van der Waals surface area contributed by atoms with Gasteiger partial charge in [-0.2, -0.15) is 5.26 Å². The first-order valence-corrected chi connectivity index (χ1v) is 7.00. The summed E-state index contributed by atoms with van der Waals surface area (Å²) in [6.45, 7) is 2.92. The number of carbonyl (C=O) groups is 1. The highest BCUT2D eigenvalue weighted by Crippen LogP contribution is 2.23. The van der Waals surface area contributed by atoms with Crippen LogP contribution in [-0.4, -0.2) is 23.4 Å². The van der Waals surface area contributed by atoms with Gasteiger partial charge in [-0.05, 0) is 31.2 Å². The van der Waals surface area contributed by atoms with Crippen LogP contribution in [0.1, 0.15) is 31.7 Å². The Balaban J connectivity index is 2.06. The van der Waals surface area contributed by atoms with Crippen LogP contribution in [0.4, 0.5) is 0 Å². The lowest BCUT2D eigenvalue weighted by Crippen LogP contribution is -2.39. The van der Waals surface area contributed by atoms with E-state index in [1.165, 1.54) is 0 Å². The molecule has 100 valence electrons. The highest BCUT2D eigenvalue weighted by atomic mass is 16.2. The van der Waals surface area contributed by atoms with Crippen molar-refractivity contribution >= 4 is 5.91 Å². The van der Waals surface area contributed by atoms with Gasteiger partial charge >= 0.3 is 0 Å². The number of hydrogen-bond donors (Lipinski definition) is 0. The first-order chi connectivity index (χ1) is 9.26. The van der Waals surface area contributed by atoms with E-state index >= 15 is 0 Å². The standard InChI is InChI=1S/C16H20N2O/c1-2-15-9-6-10-18(15)16(19)14(12-17)11-13-7-4-3-5-8-13/h3-5,7-8,14-15H,2,6,9-11H2,1H3. The fourth-order valence-corrected chi connectivity index (χ4v) is 2.79. The summed E-state index contributed by atoms with van der Waals surface area (Å²) < 4.78 is 0. The van der Waals surface area contributed by atoms with Gasteiger partial charge in [0.1, 0.15) is 5.92 Å². The van der Waals surface area contributed by atoms with Crippen LogP contribution in [0, 0.1) is 17.2 Å². The van der Waals surface area contributed by atoms with Crippen LogP contribution in [0.25, 0.3) is 0 Å². The molecule has 0 spiro atoms. The second-order valence-corrected chi connectivity index (χ2v) is 5.11. The molecule has 2 unspecified atom stereocenters. The molecule has 0 saturated carbocycles. The third-order valence-corrected chi connectivity index (χ3v) is 3.87. The monoisotopic (exact) mass is 256 g/mol. The van der Waals surface area contributed by atoms with Crippen LogP contribution in [0.15, 0.2) is 30.3 Å². The summed E-state index contributed by atoms with van der Waals surface area (Å²) in [5.41, 5.74) is 1.05. The van der Waals surface area contributed by atoms with Gasteiger partial charge in [0, 0.05) is 12.6 Å². The van der Waals surface area contributed by atoms with E-state index in [2.05, 4.69) is 13.0 Å². The smallest absolute Gasteiger partial charge is 0.240 e. The normalized spacial score (nSPS) is 20.0. The molecule has 19 heavy (non-hydrogen) atoms. The molecule has 0 aliphatic carbocycles. The highest BCUT2D eigenvalue weighted by molar-refractivity contribution is 5.82. The van der Waals surface area contributed by atoms with Crippen molar-refractivity contribution in [2.45, 2.75) is 38.6 Å². The first-order valence-electron chi connectivity index (χ1n) is 7.00. The number of nitrogens with zero attached hydrogens (tertiary/aromatic N) is 2. The Labute approximate surface area is 114 Å². The minimum absolute atomic E-state index is 0.00991. The number of rotatable bonds is 4. The van der Waals surface area contributed by atoms with Gasteiger partial charge in [-0.3, -0.25) is 4.79 Å². The Morgan fingerprint density at radius 1 is 1.47 bits per heavy atom. The number of hydrogen-bond acceptors (Lipinski definition) is 2. The topological polar surface area (TPSA) is 44.1 Å². The minimum Gasteiger partial charge on any atom is -0.339 e. The molecule has 1 aromatic rings. The Morgan fingerprint density at radius 3 is 2.84 bits per heavy atom. The van der Waals surface area contributed by atoms with Crippen LogP contribution >= 0.6 is 0 Å². The molecule has 0 radical (unpaired) electrons. The fraction of sp³-hybridized carbons (Fsp3) is 0.500. The van der Waals surface area contributed by atoms with Crippen LogP contribution in [0.2, 0.25) is 0 Å². The number of likely N-dealkylation sites (tertiary alicyclic amines) is 1. The molecule has 2 atom stereocenters. The Hall–Kier alpha value is -1.82. The maximum absolute atomic E-state index is 12.5. The fourth-order valence-electron chi connectivity index (χ4n) is 2.79. The molecule has 1 aliphatic rings. The summed E-state index contributed by atoms with van der Waals surface area (Å²) >= 11 is 0. The van der Waals surface area contributed by atoms with E-state index in [0.717, 1.165) is 31.4 Å². The van der Waals surface area contributed by atoms with Crippen LogP contribution < -0.4 is 0 Å². The summed E-state index contributed by atoms with van der Waals surface area (Å²) in [6.07, 6.45) is 3.64. The second kappa shape index (κ2) is 6.38. The molecule has 1 fully saturated rings. The van der Waals surface area contributed by atoms with Crippen molar-refractivity contribution < 1.29 is 4.79 Å². The predicted molar refractivity (Wildman–Crippen MR) is 74.3 cm³/mol. The molecule has 1 aromatic carbocycles. The molecule has 1 aliphatic heterocycles. The van der Waals surface area contributed by atoms with E-state index in [1.54, 1.807) is 0 Å². The summed E-state index contributed by atoms with van der Waals surface area (Å²) in [5.74, 6) is -0.537. The van der Waals surface area contributed by atoms with Crippen molar-refractivity contribution in [3.05, 3.63) is 35.9 Å². The van der Waals surface area contributed by atoms with E-state index in [4.69, 9.17) is 0 Å². The zero-order valence-electron chi connectivity index (χ0n) is 11.4. The van der Waals surface area contributed by atoms with Crippen molar-refractivity contribution in [2.75, 3.05) is 6.54 Å². The molecule has 1 heterocycles. The van der Waals surface area contributed by atoms with Crippen molar-refractivity contribution in [1.29, 1.82) is 5.26 Å². The summed E-state index contributed by atoms with van der Waals surface area (Å²) in [7, 11) is 0. The molecule has 1 saturated heterocycles. The average molecular weight is 256 g/mol. The molecule has 2 rings (SSSR count). The van der Waals surface area contributed by atoms with Gasteiger partial charge in [-0.25, -0.2) is 0 Å². The average Bonchev–Trinajstić information content (AvgIpc) is 2.93. The quantitative estimate of drug-likeness (QED) is 0.831. The molecule has 0 N–H and O–H groups in total. The number of amides is 1.